The Balaban J connectivity index is 2.16. The maximum atomic E-state index is 4.51. The summed E-state index contributed by atoms with van der Waals surface area (Å²) in [6.07, 6.45) is 9.34. The second-order valence-electron chi connectivity index (χ2n) is 4.59. The van der Waals surface area contributed by atoms with Crippen LogP contribution in [-0.4, -0.2) is 9.97 Å². The van der Waals surface area contributed by atoms with E-state index in [0.29, 0.717) is 5.92 Å². The van der Waals surface area contributed by atoms with Crippen molar-refractivity contribution >= 4 is 5.57 Å². The second kappa shape index (κ2) is 4.60. The molecule has 2 heteroatoms. The van der Waals surface area contributed by atoms with Gasteiger partial charge in [-0.2, -0.15) is 0 Å². The van der Waals surface area contributed by atoms with Crippen LogP contribution in [0.1, 0.15) is 37.6 Å². The van der Waals surface area contributed by atoms with Crippen molar-refractivity contribution in [2.24, 2.45) is 5.92 Å². The molecule has 0 spiro atoms. The van der Waals surface area contributed by atoms with Crippen molar-refractivity contribution < 1.29 is 0 Å². The van der Waals surface area contributed by atoms with Gasteiger partial charge >= 0.3 is 0 Å². The highest BCUT2D eigenvalue weighted by Crippen LogP contribution is 2.32. The van der Waals surface area contributed by atoms with Crippen molar-refractivity contribution in [3.05, 3.63) is 42.0 Å². The lowest BCUT2D eigenvalue weighted by Crippen LogP contribution is -2.07. The molecule has 0 aromatic carbocycles. The van der Waals surface area contributed by atoms with E-state index >= 15 is 0 Å². The summed E-state index contributed by atoms with van der Waals surface area (Å²) in [5.41, 5.74) is 4.67. The number of nitrogens with zero attached hydrogens (tertiary/aromatic N) is 2. The van der Waals surface area contributed by atoms with Crippen LogP contribution in [0.4, 0.5) is 0 Å². The Morgan fingerprint density at radius 1 is 1.44 bits per heavy atom. The standard InChI is InChI=1S/C14H18N2/c1-10(2)12-4-6-13(7-5-12)14-9-15-8-11(3)16-14/h6,8-9,12H,1,4-5,7H2,2-3H3. The van der Waals surface area contributed by atoms with E-state index in [1.165, 1.54) is 17.6 Å². The topological polar surface area (TPSA) is 25.8 Å². The molecule has 1 aliphatic carbocycles. The molecular weight excluding hydrogens is 196 g/mol. The SMILES string of the molecule is C=C(C)C1CC=C(c2cncc(C)n2)CC1. The van der Waals surface area contributed by atoms with Gasteiger partial charge in [0.05, 0.1) is 17.6 Å². The van der Waals surface area contributed by atoms with Gasteiger partial charge < -0.3 is 0 Å². The highest BCUT2D eigenvalue weighted by Gasteiger charge is 2.16. The van der Waals surface area contributed by atoms with Crippen molar-refractivity contribution in [1.29, 1.82) is 0 Å². The summed E-state index contributed by atoms with van der Waals surface area (Å²) in [5.74, 6) is 0.654. The Bertz CT molecular complexity index is 432. The first kappa shape index (κ1) is 11.1. The predicted octanol–water partition coefficient (Wildman–Crippen LogP) is 3.54. The largest absolute Gasteiger partial charge is 0.261 e. The Morgan fingerprint density at radius 2 is 2.25 bits per heavy atom. The third kappa shape index (κ3) is 2.38. The monoisotopic (exact) mass is 214 g/mol. The molecule has 84 valence electrons. The minimum atomic E-state index is 0.654. The van der Waals surface area contributed by atoms with Gasteiger partial charge in [-0.1, -0.05) is 18.2 Å². The molecule has 0 saturated carbocycles. The molecule has 0 saturated heterocycles. The van der Waals surface area contributed by atoms with Gasteiger partial charge in [0.15, 0.2) is 0 Å². The summed E-state index contributed by atoms with van der Waals surface area (Å²) in [7, 11) is 0. The van der Waals surface area contributed by atoms with E-state index in [1.807, 2.05) is 13.1 Å². The Morgan fingerprint density at radius 3 is 2.81 bits per heavy atom. The number of aryl methyl sites for hydroxylation is 1. The zero-order valence-electron chi connectivity index (χ0n) is 10.0. The van der Waals surface area contributed by atoms with Crippen LogP contribution < -0.4 is 0 Å². The van der Waals surface area contributed by atoms with E-state index in [1.54, 1.807) is 6.20 Å². The Labute approximate surface area is 97.1 Å². The van der Waals surface area contributed by atoms with Gasteiger partial charge in [0.2, 0.25) is 0 Å². The normalized spacial score (nSPS) is 20.4. The minimum Gasteiger partial charge on any atom is -0.261 e. The molecule has 2 rings (SSSR count). The van der Waals surface area contributed by atoms with Gasteiger partial charge in [-0.3, -0.25) is 9.97 Å². The molecule has 1 aromatic rings. The fourth-order valence-corrected chi connectivity index (χ4v) is 2.13. The molecule has 2 nitrogen and oxygen atoms in total. The number of hydrogen-bond donors (Lipinski definition) is 0. The summed E-state index contributed by atoms with van der Waals surface area (Å²) in [4.78, 5) is 8.71. The van der Waals surface area contributed by atoms with E-state index in [2.05, 4.69) is 29.5 Å². The number of aromatic nitrogens is 2. The van der Waals surface area contributed by atoms with Crippen molar-refractivity contribution in [3.8, 4) is 0 Å². The molecule has 0 radical (unpaired) electrons. The molecule has 1 aliphatic rings. The lowest BCUT2D eigenvalue weighted by Gasteiger charge is -2.21. The van der Waals surface area contributed by atoms with Gasteiger partial charge in [0, 0.05) is 6.20 Å². The van der Waals surface area contributed by atoms with Crippen LogP contribution in [0.3, 0.4) is 0 Å². The number of hydrogen-bond acceptors (Lipinski definition) is 2. The molecular formula is C14H18N2. The van der Waals surface area contributed by atoms with E-state index in [0.717, 1.165) is 24.2 Å². The highest BCUT2D eigenvalue weighted by molar-refractivity contribution is 5.62. The van der Waals surface area contributed by atoms with Gasteiger partial charge in [0.1, 0.15) is 0 Å². The summed E-state index contributed by atoms with van der Waals surface area (Å²) in [6, 6.07) is 0. The van der Waals surface area contributed by atoms with E-state index in [4.69, 9.17) is 0 Å². The molecule has 1 atom stereocenters. The molecule has 1 unspecified atom stereocenters. The van der Waals surface area contributed by atoms with E-state index < -0.39 is 0 Å². The third-order valence-electron chi connectivity index (χ3n) is 3.19. The van der Waals surface area contributed by atoms with Gasteiger partial charge in [-0.05, 0) is 44.6 Å². The van der Waals surface area contributed by atoms with Gasteiger partial charge in [0.25, 0.3) is 0 Å². The quantitative estimate of drug-likeness (QED) is 0.704. The van der Waals surface area contributed by atoms with Crippen molar-refractivity contribution in [2.45, 2.75) is 33.1 Å². The minimum absolute atomic E-state index is 0.654. The van der Waals surface area contributed by atoms with Crippen molar-refractivity contribution in [2.75, 3.05) is 0 Å². The van der Waals surface area contributed by atoms with Gasteiger partial charge in [-0.15, -0.1) is 0 Å². The van der Waals surface area contributed by atoms with E-state index in [-0.39, 0.29) is 0 Å². The zero-order chi connectivity index (χ0) is 11.5. The lowest BCUT2D eigenvalue weighted by molar-refractivity contribution is 0.561. The zero-order valence-corrected chi connectivity index (χ0v) is 10.0. The smallest absolute Gasteiger partial charge is 0.0844 e. The Hall–Kier alpha value is -1.44. The van der Waals surface area contributed by atoms with Crippen LogP contribution >= 0.6 is 0 Å². The summed E-state index contributed by atoms with van der Waals surface area (Å²) >= 11 is 0. The molecule has 1 heterocycles. The molecule has 1 aromatic heterocycles. The van der Waals surface area contributed by atoms with Crippen LogP contribution in [0, 0.1) is 12.8 Å². The number of allylic oxidation sites excluding steroid dienone is 3. The first-order valence-corrected chi connectivity index (χ1v) is 5.80. The average molecular weight is 214 g/mol. The Kier molecular flexibility index (Phi) is 3.18. The molecule has 0 amide bonds. The third-order valence-corrected chi connectivity index (χ3v) is 3.19. The van der Waals surface area contributed by atoms with Crippen LogP contribution in [0.5, 0.6) is 0 Å². The summed E-state index contributed by atoms with van der Waals surface area (Å²) < 4.78 is 0. The summed E-state index contributed by atoms with van der Waals surface area (Å²) in [6.45, 7) is 8.14. The molecule has 0 aliphatic heterocycles. The summed E-state index contributed by atoms with van der Waals surface area (Å²) in [5, 5.41) is 0. The van der Waals surface area contributed by atoms with Crippen LogP contribution in [0.15, 0.2) is 30.6 Å². The lowest BCUT2D eigenvalue weighted by atomic mass is 9.85. The maximum Gasteiger partial charge on any atom is 0.0844 e. The van der Waals surface area contributed by atoms with Crippen molar-refractivity contribution in [1.82, 2.24) is 9.97 Å². The average Bonchev–Trinajstić information content (AvgIpc) is 2.29. The first-order valence-electron chi connectivity index (χ1n) is 5.80. The fourth-order valence-electron chi connectivity index (χ4n) is 2.13. The second-order valence-corrected chi connectivity index (χ2v) is 4.59. The number of rotatable bonds is 2. The van der Waals surface area contributed by atoms with Crippen LogP contribution in [0.25, 0.3) is 5.57 Å². The van der Waals surface area contributed by atoms with Crippen molar-refractivity contribution in [3.63, 3.8) is 0 Å². The molecule has 0 N–H and O–H groups in total. The van der Waals surface area contributed by atoms with Crippen LogP contribution in [-0.2, 0) is 0 Å². The first-order chi connectivity index (χ1) is 7.66. The highest BCUT2D eigenvalue weighted by atomic mass is 14.8. The molecule has 16 heavy (non-hydrogen) atoms. The molecule has 0 fully saturated rings. The van der Waals surface area contributed by atoms with Crippen LogP contribution in [0.2, 0.25) is 0 Å². The molecule has 0 bridgehead atoms. The maximum absolute atomic E-state index is 4.51. The predicted molar refractivity (Wildman–Crippen MR) is 66.9 cm³/mol. The van der Waals surface area contributed by atoms with E-state index in [9.17, 15) is 0 Å². The van der Waals surface area contributed by atoms with Gasteiger partial charge in [-0.25, -0.2) is 0 Å². The fraction of sp³-hybridized carbons (Fsp3) is 0.429.